The molecule has 5 heteroatoms. The van der Waals surface area contributed by atoms with Gasteiger partial charge in [-0.1, -0.05) is 39.5 Å². The zero-order valence-electron chi connectivity index (χ0n) is 20.3. The molecule has 2 nitrogen and oxygen atoms in total. The molecule has 3 saturated carbocycles. The van der Waals surface area contributed by atoms with Gasteiger partial charge in [0.25, 0.3) is 0 Å². The molecule has 1 saturated heterocycles. The van der Waals surface area contributed by atoms with Crippen molar-refractivity contribution in [3.8, 4) is 0 Å². The first-order valence-electron chi connectivity index (χ1n) is 13.6. The second-order valence-electron chi connectivity index (χ2n) is 10.9. The normalized spacial score (nSPS) is 40.9. The van der Waals surface area contributed by atoms with E-state index < -0.39 is 12.3 Å². The minimum Gasteiger partial charge on any atom is -0.375 e. The second-order valence-corrected chi connectivity index (χ2v) is 12.2. The van der Waals surface area contributed by atoms with Crippen molar-refractivity contribution >= 4 is 11.8 Å². The van der Waals surface area contributed by atoms with Gasteiger partial charge in [-0.25, -0.2) is 8.78 Å². The van der Waals surface area contributed by atoms with Crippen molar-refractivity contribution in [2.75, 3.05) is 13.2 Å². The Hall–Kier alpha value is 0.130. The van der Waals surface area contributed by atoms with E-state index in [-0.39, 0.29) is 22.7 Å². The maximum absolute atomic E-state index is 15.6. The van der Waals surface area contributed by atoms with E-state index >= 15 is 8.78 Å². The van der Waals surface area contributed by atoms with E-state index in [0.29, 0.717) is 25.0 Å². The SMILES string of the molecule is CCCCCCOC1CCC2C3CCC(OC[C]4CCC(CC)CC4)C(F)C3SC2C1F. The Kier molecular flexibility index (Phi) is 9.62. The molecule has 1 radical (unpaired) electrons. The first-order valence-corrected chi connectivity index (χ1v) is 14.6. The molecule has 185 valence electrons. The largest absolute Gasteiger partial charge is 0.375 e. The number of fused-ring (bicyclic) bond motifs is 3. The van der Waals surface area contributed by atoms with Crippen molar-refractivity contribution < 1.29 is 18.3 Å². The van der Waals surface area contributed by atoms with Gasteiger partial charge in [-0.15, -0.1) is 11.8 Å². The van der Waals surface area contributed by atoms with Crippen LogP contribution >= 0.6 is 11.8 Å². The topological polar surface area (TPSA) is 18.5 Å². The molecule has 0 aromatic carbocycles. The minimum atomic E-state index is -0.961. The summed E-state index contributed by atoms with van der Waals surface area (Å²) in [5.41, 5.74) is 0. The molecular formula is C27H45F2O2S. The molecular weight excluding hydrogens is 426 g/mol. The highest BCUT2D eigenvalue weighted by Crippen LogP contribution is 2.56. The summed E-state index contributed by atoms with van der Waals surface area (Å²) in [4.78, 5) is 0. The molecule has 1 heterocycles. The Labute approximate surface area is 199 Å². The van der Waals surface area contributed by atoms with Crippen LogP contribution in [0.25, 0.3) is 0 Å². The Morgan fingerprint density at radius 2 is 1.41 bits per heavy atom. The Bertz CT molecular complexity index is 556. The molecule has 0 bridgehead atoms. The number of alkyl halides is 2. The molecule has 0 aromatic heterocycles. The van der Waals surface area contributed by atoms with Crippen molar-refractivity contribution in [2.24, 2.45) is 17.8 Å². The third-order valence-electron chi connectivity index (χ3n) is 8.84. The van der Waals surface area contributed by atoms with Crippen LogP contribution in [0.4, 0.5) is 8.78 Å². The third-order valence-corrected chi connectivity index (χ3v) is 10.7. The van der Waals surface area contributed by atoms with Crippen LogP contribution in [0, 0.1) is 23.7 Å². The highest BCUT2D eigenvalue weighted by Gasteiger charge is 2.56. The minimum absolute atomic E-state index is 0.0879. The number of hydrogen-bond donors (Lipinski definition) is 0. The van der Waals surface area contributed by atoms with Gasteiger partial charge in [0, 0.05) is 23.0 Å². The highest BCUT2D eigenvalue weighted by molar-refractivity contribution is 8.00. The number of thioether (sulfide) groups is 1. The van der Waals surface area contributed by atoms with Gasteiger partial charge in [-0.05, 0) is 75.5 Å². The van der Waals surface area contributed by atoms with Crippen LogP contribution < -0.4 is 0 Å². The fourth-order valence-corrected chi connectivity index (χ4v) is 8.78. The maximum atomic E-state index is 15.6. The number of halogens is 2. The number of unbranched alkanes of at least 4 members (excludes halogenated alkanes) is 3. The quantitative estimate of drug-likeness (QED) is 0.307. The molecule has 4 rings (SSSR count). The lowest BCUT2D eigenvalue weighted by atomic mass is 9.71. The van der Waals surface area contributed by atoms with Gasteiger partial charge >= 0.3 is 0 Å². The Morgan fingerprint density at radius 1 is 0.781 bits per heavy atom. The van der Waals surface area contributed by atoms with Crippen molar-refractivity contribution in [2.45, 2.75) is 132 Å². The zero-order valence-corrected chi connectivity index (χ0v) is 21.1. The first kappa shape index (κ1) is 25.2. The lowest BCUT2D eigenvalue weighted by Gasteiger charge is -2.39. The molecule has 32 heavy (non-hydrogen) atoms. The lowest BCUT2D eigenvalue weighted by Crippen LogP contribution is -2.45. The van der Waals surface area contributed by atoms with Gasteiger partial charge in [-0.2, -0.15) is 0 Å². The summed E-state index contributed by atoms with van der Waals surface area (Å²) in [6.45, 7) is 5.77. The molecule has 1 aliphatic heterocycles. The summed E-state index contributed by atoms with van der Waals surface area (Å²) in [6.07, 6.45) is 11.8. The van der Waals surface area contributed by atoms with Crippen LogP contribution in [0.3, 0.4) is 0 Å². The fraction of sp³-hybridized carbons (Fsp3) is 0.963. The molecule has 3 aliphatic carbocycles. The van der Waals surface area contributed by atoms with Crippen LogP contribution in [-0.4, -0.2) is 48.3 Å². The second kappa shape index (κ2) is 12.2. The smallest absolute Gasteiger partial charge is 0.138 e. The highest BCUT2D eigenvalue weighted by atomic mass is 32.2. The molecule has 0 N–H and O–H groups in total. The lowest BCUT2D eigenvalue weighted by molar-refractivity contribution is -0.0542. The summed E-state index contributed by atoms with van der Waals surface area (Å²) in [5.74, 6) is 2.97. The van der Waals surface area contributed by atoms with Gasteiger partial charge in [-0.3, -0.25) is 0 Å². The van der Waals surface area contributed by atoms with Gasteiger partial charge in [0.05, 0.1) is 18.8 Å². The summed E-state index contributed by atoms with van der Waals surface area (Å²) >= 11 is 1.60. The monoisotopic (exact) mass is 471 g/mol. The van der Waals surface area contributed by atoms with Crippen LogP contribution in [-0.2, 0) is 9.47 Å². The van der Waals surface area contributed by atoms with E-state index in [1.165, 1.54) is 38.0 Å². The van der Waals surface area contributed by atoms with Crippen LogP contribution in [0.15, 0.2) is 0 Å². The zero-order chi connectivity index (χ0) is 22.5. The Morgan fingerprint density at radius 3 is 2.00 bits per heavy atom. The Balaban J connectivity index is 1.24. The van der Waals surface area contributed by atoms with E-state index in [9.17, 15) is 0 Å². The molecule has 4 aliphatic rings. The van der Waals surface area contributed by atoms with Crippen molar-refractivity contribution in [1.29, 1.82) is 0 Å². The number of ether oxygens (including phenoxy) is 2. The van der Waals surface area contributed by atoms with Gasteiger partial charge in [0.1, 0.15) is 12.3 Å². The standard InChI is InChI=1S/C27H45F2O2S/c1-3-5-6-7-16-30-22-14-12-20-21-13-15-23(25(29)27(21)32-26(20)24(22)28)31-17-19-10-8-18(4-2)9-11-19/h18,20-27H,3-17H2,1-2H3. The van der Waals surface area contributed by atoms with E-state index in [0.717, 1.165) is 57.3 Å². The van der Waals surface area contributed by atoms with Gasteiger partial charge in [0.2, 0.25) is 0 Å². The maximum Gasteiger partial charge on any atom is 0.138 e. The molecule has 0 amide bonds. The van der Waals surface area contributed by atoms with E-state index in [4.69, 9.17) is 9.47 Å². The average molecular weight is 472 g/mol. The summed E-state index contributed by atoms with van der Waals surface area (Å²) in [5, 5.41) is -0.179. The summed E-state index contributed by atoms with van der Waals surface area (Å²) < 4.78 is 43.1. The summed E-state index contributed by atoms with van der Waals surface area (Å²) in [7, 11) is 0. The number of hydrogen-bond acceptors (Lipinski definition) is 3. The number of rotatable bonds is 10. The van der Waals surface area contributed by atoms with Crippen molar-refractivity contribution in [3.05, 3.63) is 5.92 Å². The van der Waals surface area contributed by atoms with Crippen LogP contribution in [0.1, 0.15) is 97.3 Å². The van der Waals surface area contributed by atoms with Crippen LogP contribution in [0.2, 0.25) is 0 Å². The van der Waals surface area contributed by atoms with Gasteiger partial charge < -0.3 is 9.47 Å². The first-order chi connectivity index (χ1) is 15.6. The van der Waals surface area contributed by atoms with E-state index in [2.05, 4.69) is 13.8 Å². The van der Waals surface area contributed by atoms with Gasteiger partial charge in [0.15, 0.2) is 0 Å². The molecule has 8 atom stereocenters. The van der Waals surface area contributed by atoms with Crippen LogP contribution in [0.5, 0.6) is 0 Å². The molecule has 8 unspecified atom stereocenters. The van der Waals surface area contributed by atoms with E-state index in [1.807, 2.05) is 0 Å². The average Bonchev–Trinajstić information content (AvgIpc) is 3.20. The predicted octanol–water partition coefficient (Wildman–Crippen LogP) is 7.49. The predicted molar refractivity (Wildman–Crippen MR) is 130 cm³/mol. The van der Waals surface area contributed by atoms with Crippen molar-refractivity contribution in [3.63, 3.8) is 0 Å². The molecule has 0 aromatic rings. The molecule has 0 spiro atoms. The summed E-state index contributed by atoms with van der Waals surface area (Å²) in [6, 6.07) is 0. The molecule has 4 fully saturated rings. The third kappa shape index (κ3) is 5.85. The fourth-order valence-electron chi connectivity index (χ4n) is 6.68. The van der Waals surface area contributed by atoms with E-state index in [1.54, 1.807) is 11.8 Å². The van der Waals surface area contributed by atoms with Crippen molar-refractivity contribution in [1.82, 2.24) is 0 Å².